The molecule has 0 N–H and O–H groups in total. The van der Waals surface area contributed by atoms with Gasteiger partial charge in [-0.05, 0) is 75.5 Å². The summed E-state index contributed by atoms with van der Waals surface area (Å²) in [6, 6.07) is 17.8. The van der Waals surface area contributed by atoms with Crippen LogP contribution in [-0.2, 0) is 12.8 Å². The van der Waals surface area contributed by atoms with Crippen LogP contribution in [0.5, 0.6) is 0 Å². The van der Waals surface area contributed by atoms with Crippen molar-refractivity contribution in [2.75, 3.05) is 37.5 Å². The number of unbranched alkanes of at least 4 members (excludes halogenated alkanes) is 1. The van der Waals surface area contributed by atoms with E-state index in [0.29, 0.717) is 0 Å². The van der Waals surface area contributed by atoms with Crippen LogP contribution in [0.3, 0.4) is 0 Å². The van der Waals surface area contributed by atoms with Crippen LogP contribution in [-0.4, -0.2) is 37.5 Å². The number of para-hydroxylation sites is 2. The Labute approximate surface area is 157 Å². The van der Waals surface area contributed by atoms with E-state index in [2.05, 4.69) is 65.4 Å². The lowest BCUT2D eigenvalue weighted by Crippen LogP contribution is -2.26. The first-order valence-corrected chi connectivity index (χ1v) is 10.0. The molecule has 2 aromatic carbocycles. The third kappa shape index (κ3) is 4.77. The summed E-state index contributed by atoms with van der Waals surface area (Å²) >= 11 is 5.78. The molecule has 134 valence electrons. The molecule has 0 unspecified atom stereocenters. The molecule has 3 heteroatoms. The maximum Gasteiger partial charge on any atom is 0.0443 e. The molecule has 0 atom stereocenters. The maximum atomic E-state index is 5.78. The molecule has 0 aliphatic carbocycles. The van der Waals surface area contributed by atoms with Gasteiger partial charge in [-0.3, -0.25) is 0 Å². The Bertz CT molecular complexity index is 623. The Morgan fingerprint density at radius 2 is 1.40 bits per heavy atom. The monoisotopic (exact) mass is 356 g/mol. The van der Waals surface area contributed by atoms with Gasteiger partial charge in [-0.2, -0.15) is 0 Å². The molecule has 1 aliphatic rings. The van der Waals surface area contributed by atoms with E-state index in [4.69, 9.17) is 11.6 Å². The Kier molecular flexibility index (Phi) is 6.77. The minimum absolute atomic E-state index is 0.773. The van der Waals surface area contributed by atoms with Gasteiger partial charge in [0.05, 0.1) is 0 Å². The summed E-state index contributed by atoms with van der Waals surface area (Å²) in [5, 5.41) is 0. The molecule has 1 heterocycles. The van der Waals surface area contributed by atoms with E-state index in [1.54, 1.807) is 0 Å². The zero-order valence-electron chi connectivity index (χ0n) is 15.3. The van der Waals surface area contributed by atoms with Crippen LogP contribution in [0, 0.1) is 0 Å². The van der Waals surface area contributed by atoms with Crippen molar-refractivity contribution in [1.82, 2.24) is 4.90 Å². The summed E-state index contributed by atoms with van der Waals surface area (Å²) in [4.78, 5) is 4.96. The van der Waals surface area contributed by atoms with Crippen molar-refractivity contribution in [3.05, 3.63) is 59.7 Å². The highest BCUT2D eigenvalue weighted by Gasteiger charge is 2.19. The fourth-order valence-electron chi connectivity index (χ4n) is 3.70. The van der Waals surface area contributed by atoms with Crippen molar-refractivity contribution in [3.8, 4) is 0 Å². The summed E-state index contributed by atoms with van der Waals surface area (Å²) in [5.74, 6) is 0.773. The van der Waals surface area contributed by atoms with Gasteiger partial charge in [0.1, 0.15) is 0 Å². The average molecular weight is 357 g/mol. The van der Waals surface area contributed by atoms with Gasteiger partial charge in [0.2, 0.25) is 0 Å². The molecule has 0 fully saturated rings. The van der Waals surface area contributed by atoms with Crippen molar-refractivity contribution in [2.24, 2.45) is 0 Å². The number of alkyl halides is 1. The molecule has 0 aromatic heterocycles. The molecular weight excluding hydrogens is 328 g/mol. The van der Waals surface area contributed by atoms with Gasteiger partial charge in [0.15, 0.2) is 0 Å². The molecule has 0 saturated carbocycles. The molecule has 2 aromatic rings. The van der Waals surface area contributed by atoms with Gasteiger partial charge in [0, 0.05) is 23.8 Å². The predicted molar refractivity (Wildman–Crippen MR) is 109 cm³/mol. The van der Waals surface area contributed by atoms with E-state index >= 15 is 0 Å². The van der Waals surface area contributed by atoms with Gasteiger partial charge >= 0.3 is 0 Å². The summed E-state index contributed by atoms with van der Waals surface area (Å²) in [6.45, 7) is 3.33. The van der Waals surface area contributed by atoms with E-state index in [1.807, 2.05) is 0 Å². The number of rotatable bonds is 8. The van der Waals surface area contributed by atoms with Crippen molar-refractivity contribution >= 4 is 23.0 Å². The topological polar surface area (TPSA) is 6.48 Å². The lowest BCUT2D eigenvalue weighted by molar-refractivity contribution is 0.325. The highest BCUT2D eigenvalue weighted by molar-refractivity contribution is 6.17. The molecular formula is C22H29ClN2. The van der Waals surface area contributed by atoms with Crippen LogP contribution < -0.4 is 4.90 Å². The Morgan fingerprint density at radius 3 is 2.00 bits per heavy atom. The maximum absolute atomic E-state index is 5.78. The first kappa shape index (κ1) is 18.3. The van der Waals surface area contributed by atoms with E-state index in [1.165, 1.54) is 35.3 Å². The third-order valence-corrected chi connectivity index (χ3v) is 5.34. The first-order valence-electron chi connectivity index (χ1n) is 9.47. The van der Waals surface area contributed by atoms with E-state index in [0.717, 1.165) is 44.8 Å². The molecule has 0 spiro atoms. The minimum atomic E-state index is 0.773. The quantitative estimate of drug-likeness (QED) is 0.470. The second kappa shape index (κ2) is 9.26. The van der Waals surface area contributed by atoms with E-state index in [-0.39, 0.29) is 0 Å². The smallest absolute Gasteiger partial charge is 0.0443 e. The van der Waals surface area contributed by atoms with Gasteiger partial charge in [-0.15, -0.1) is 11.6 Å². The highest BCUT2D eigenvalue weighted by atomic mass is 35.5. The minimum Gasteiger partial charge on any atom is -0.341 e. The van der Waals surface area contributed by atoms with Gasteiger partial charge in [0.25, 0.3) is 0 Å². The molecule has 3 rings (SSSR count). The zero-order chi connectivity index (χ0) is 17.5. The molecule has 0 radical (unpaired) electrons. The second-order valence-corrected chi connectivity index (χ2v) is 7.34. The summed E-state index contributed by atoms with van der Waals surface area (Å²) in [7, 11) is 2.22. The number of anilines is 2. The average Bonchev–Trinajstić information content (AvgIpc) is 2.80. The van der Waals surface area contributed by atoms with Crippen LogP contribution in [0.1, 0.15) is 30.4 Å². The SMILES string of the molecule is CN(CCCCCl)CCCN1c2ccccc2CCc2ccccc21. The third-order valence-electron chi connectivity index (χ3n) is 5.07. The summed E-state index contributed by atoms with van der Waals surface area (Å²) in [5.41, 5.74) is 5.71. The molecule has 25 heavy (non-hydrogen) atoms. The van der Waals surface area contributed by atoms with Crippen molar-refractivity contribution in [1.29, 1.82) is 0 Å². The number of nitrogens with zero attached hydrogens (tertiary/aromatic N) is 2. The fraction of sp³-hybridized carbons (Fsp3) is 0.455. The lowest BCUT2D eigenvalue weighted by atomic mass is 10.0. The van der Waals surface area contributed by atoms with Crippen molar-refractivity contribution in [2.45, 2.75) is 32.1 Å². The first-order chi connectivity index (χ1) is 12.3. The summed E-state index contributed by atoms with van der Waals surface area (Å²) < 4.78 is 0. The Hall–Kier alpha value is -1.51. The molecule has 2 nitrogen and oxygen atoms in total. The predicted octanol–water partition coefficient (Wildman–Crippen LogP) is 5.26. The van der Waals surface area contributed by atoms with Crippen molar-refractivity contribution in [3.63, 3.8) is 0 Å². The Balaban J connectivity index is 1.69. The van der Waals surface area contributed by atoms with Crippen LogP contribution in [0.2, 0.25) is 0 Å². The van der Waals surface area contributed by atoms with Gasteiger partial charge in [-0.1, -0.05) is 36.4 Å². The largest absolute Gasteiger partial charge is 0.341 e. The van der Waals surface area contributed by atoms with E-state index < -0.39 is 0 Å². The zero-order valence-corrected chi connectivity index (χ0v) is 16.0. The summed E-state index contributed by atoms with van der Waals surface area (Å²) in [6.07, 6.45) is 5.72. The normalized spacial score (nSPS) is 13.5. The molecule has 0 saturated heterocycles. The number of benzene rings is 2. The van der Waals surface area contributed by atoms with Crippen molar-refractivity contribution < 1.29 is 0 Å². The van der Waals surface area contributed by atoms with Gasteiger partial charge in [-0.25, -0.2) is 0 Å². The number of aryl methyl sites for hydroxylation is 2. The lowest BCUT2D eigenvalue weighted by Gasteiger charge is -2.28. The van der Waals surface area contributed by atoms with Crippen LogP contribution in [0.4, 0.5) is 11.4 Å². The highest BCUT2D eigenvalue weighted by Crippen LogP contribution is 2.35. The van der Waals surface area contributed by atoms with Crippen LogP contribution in [0.25, 0.3) is 0 Å². The number of halogens is 1. The standard InChI is InChI=1S/C22H29ClN2/c1-24(16-7-6-15-23)17-8-18-25-21-11-4-2-9-19(21)13-14-20-10-3-5-12-22(20)25/h2-5,9-12H,6-8,13-18H2,1H3. The Morgan fingerprint density at radius 1 is 0.840 bits per heavy atom. The van der Waals surface area contributed by atoms with Crippen LogP contribution in [0.15, 0.2) is 48.5 Å². The number of hydrogen-bond donors (Lipinski definition) is 0. The number of hydrogen-bond acceptors (Lipinski definition) is 2. The van der Waals surface area contributed by atoms with Crippen LogP contribution >= 0.6 is 11.6 Å². The van der Waals surface area contributed by atoms with E-state index in [9.17, 15) is 0 Å². The fourth-order valence-corrected chi connectivity index (χ4v) is 3.89. The molecule has 1 aliphatic heterocycles. The number of fused-ring (bicyclic) bond motifs is 2. The molecule has 0 bridgehead atoms. The molecule has 0 amide bonds. The second-order valence-electron chi connectivity index (χ2n) is 6.96. The van der Waals surface area contributed by atoms with Gasteiger partial charge < -0.3 is 9.80 Å².